The van der Waals surface area contributed by atoms with Crippen LogP contribution in [0.25, 0.3) is 11.0 Å². The minimum atomic E-state index is -0.765. The number of nitrogens with zero attached hydrogens (tertiary/aromatic N) is 1. The van der Waals surface area contributed by atoms with Gasteiger partial charge in [-0.1, -0.05) is 18.2 Å². The van der Waals surface area contributed by atoms with Gasteiger partial charge in [0, 0.05) is 10.9 Å². The number of benzene rings is 1. The first-order valence-electron chi connectivity index (χ1n) is 4.77. The van der Waals surface area contributed by atoms with Gasteiger partial charge in [-0.15, -0.1) is 0 Å². The molecule has 0 amide bonds. The third-order valence-corrected chi connectivity index (χ3v) is 2.44. The summed E-state index contributed by atoms with van der Waals surface area (Å²) in [7, 11) is 0. The molecule has 15 heavy (non-hydrogen) atoms. The Labute approximate surface area is 87.6 Å². The summed E-state index contributed by atoms with van der Waals surface area (Å²) in [5.41, 5.74) is 1.48. The first-order valence-corrected chi connectivity index (χ1v) is 4.77. The number of para-hydroxylation sites is 1. The number of nitriles is 1. The van der Waals surface area contributed by atoms with Gasteiger partial charge < -0.3 is 9.52 Å². The van der Waals surface area contributed by atoms with Crippen LogP contribution in [0.1, 0.15) is 23.8 Å². The third-order valence-electron chi connectivity index (χ3n) is 2.44. The highest BCUT2D eigenvalue weighted by Gasteiger charge is 2.17. The van der Waals surface area contributed by atoms with Crippen LogP contribution < -0.4 is 0 Å². The summed E-state index contributed by atoms with van der Waals surface area (Å²) in [6.07, 6.45) is -0.677. The molecule has 0 fully saturated rings. The molecule has 0 aliphatic heterocycles. The Hall–Kier alpha value is -1.79. The molecule has 1 aromatic heterocycles. The smallest absolute Gasteiger partial charge is 0.134 e. The summed E-state index contributed by atoms with van der Waals surface area (Å²) in [6, 6.07) is 9.47. The fraction of sp³-hybridized carbons (Fsp3) is 0.250. The lowest BCUT2D eigenvalue weighted by atomic mass is 10.0. The molecule has 3 nitrogen and oxygen atoms in total. The van der Waals surface area contributed by atoms with E-state index in [0.717, 1.165) is 16.5 Å². The van der Waals surface area contributed by atoms with Gasteiger partial charge >= 0.3 is 0 Å². The second-order valence-electron chi connectivity index (χ2n) is 3.45. The Morgan fingerprint density at radius 2 is 2.20 bits per heavy atom. The molecule has 3 heteroatoms. The molecule has 2 aromatic rings. The minimum absolute atomic E-state index is 0.0877. The molecule has 0 aliphatic carbocycles. The van der Waals surface area contributed by atoms with Gasteiger partial charge in [0.25, 0.3) is 0 Å². The van der Waals surface area contributed by atoms with E-state index in [1.54, 1.807) is 6.92 Å². The zero-order chi connectivity index (χ0) is 10.8. The Bertz CT molecular complexity index is 522. The van der Waals surface area contributed by atoms with E-state index in [-0.39, 0.29) is 6.42 Å². The van der Waals surface area contributed by atoms with Crippen molar-refractivity contribution < 1.29 is 9.52 Å². The lowest BCUT2D eigenvalue weighted by molar-refractivity contribution is 0.182. The number of aliphatic hydroxyl groups is 1. The van der Waals surface area contributed by atoms with E-state index < -0.39 is 6.10 Å². The normalized spacial score (nSPS) is 12.6. The van der Waals surface area contributed by atoms with Crippen LogP contribution in [-0.2, 0) is 0 Å². The highest BCUT2D eigenvalue weighted by molar-refractivity contribution is 5.82. The monoisotopic (exact) mass is 201 g/mol. The van der Waals surface area contributed by atoms with Gasteiger partial charge in [0.2, 0.25) is 0 Å². The minimum Gasteiger partial charge on any atom is -0.461 e. The van der Waals surface area contributed by atoms with Crippen molar-refractivity contribution in [2.24, 2.45) is 0 Å². The van der Waals surface area contributed by atoms with Gasteiger partial charge in [-0.25, -0.2) is 0 Å². The largest absolute Gasteiger partial charge is 0.461 e. The summed E-state index contributed by atoms with van der Waals surface area (Å²) in [5, 5.41) is 19.3. The van der Waals surface area contributed by atoms with Gasteiger partial charge in [0.1, 0.15) is 11.3 Å². The van der Waals surface area contributed by atoms with E-state index in [9.17, 15) is 5.11 Å². The number of hydrogen-bond acceptors (Lipinski definition) is 3. The van der Waals surface area contributed by atoms with Crippen molar-refractivity contribution in [3.8, 4) is 6.07 Å². The molecule has 1 aromatic carbocycles. The molecule has 1 unspecified atom stereocenters. The van der Waals surface area contributed by atoms with Crippen molar-refractivity contribution in [3.05, 3.63) is 35.6 Å². The molecule has 0 bridgehead atoms. The van der Waals surface area contributed by atoms with Gasteiger partial charge in [0.15, 0.2) is 0 Å². The topological polar surface area (TPSA) is 57.2 Å². The predicted molar refractivity (Wildman–Crippen MR) is 56.1 cm³/mol. The maximum absolute atomic E-state index is 9.81. The molecule has 76 valence electrons. The molecule has 1 heterocycles. The SMILES string of the molecule is Cc1oc2ccccc2c1C(O)CC#N. The van der Waals surface area contributed by atoms with Crippen LogP contribution in [0, 0.1) is 18.3 Å². The molecular formula is C12H11NO2. The van der Waals surface area contributed by atoms with Gasteiger partial charge in [-0.3, -0.25) is 0 Å². The molecule has 1 atom stereocenters. The van der Waals surface area contributed by atoms with Crippen molar-refractivity contribution in [2.45, 2.75) is 19.4 Å². The van der Waals surface area contributed by atoms with Crippen molar-refractivity contribution >= 4 is 11.0 Å². The first kappa shape index (κ1) is 9.75. The van der Waals surface area contributed by atoms with E-state index in [1.165, 1.54) is 0 Å². The highest BCUT2D eigenvalue weighted by Crippen LogP contribution is 2.31. The summed E-state index contributed by atoms with van der Waals surface area (Å²) < 4.78 is 5.50. The number of furan rings is 1. The van der Waals surface area contributed by atoms with Crippen LogP contribution in [0.3, 0.4) is 0 Å². The van der Waals surface area contributed by atoms with E-state index in [2.05, 4.69) is 0 Å². The van der Waals surface area contributed by atoms with Crippen LogP contribution in [0.4, 0.5) is 0 Å². The molecule has 0 saturated carbocycles. The number of aryl methyl sites for hydroxylation is 1. The first-order chi connectivity index (χ1) is 7.24. The Morgan fingerprint density at radius 3 is 2.93 bits per heavy atom. The molecular weight excluding hydrogens is 190 g/mol. The van der Waals surface area contributed by atoms with Crippen LogP contribution >= 0.6 is 0 Å². The fourth-order valence-corrected chi connectivity index (χ4v) is 1.79. The van der Waals surface area contributed by atoms with E-state index in [1.807, 2.05) is 30.3 Å². The molecule has 1 N–H and O–H groups in total. The lowest BCUT2D eigenvalue weighted by Gasteiger charge is -2.04. The molecule has 2 rings (SSSR count). The summed E-state index contributed by atoms with van der Waals surface area (Å²) in [6.45, 7) is 1.80. The lowest BCUT2D eigenvalue weighted by Crippen LogP contribution is -1.96. The van der Waals surface area contributed by atoms with Gasteiger partial charge in [-0.05, 0) is 13.0 Å². The van der Waals surface area contributed by atoms with E-state index in [4.69, 9.17) is 9.68 Å². The zero-order valence-corrected chi connectivity index (χ0v) is 8.40. The van der Waals surface area contributed by atoms with Crippen molar-refractivity contribution in [1.29, 1.82) is 5.26 Å². The second-order valence-corrected chi connectivity index (χ2v) is 3.45. The molecule has 0 saturated heterocycles. The Balaban J connectivity index is 2.59. The summed E-state index contributed by atoms with van der Waals surface area (Å²) in [5.74, 6) is 0.680. The third kappa shape index (κ3) is 1.60. The quantitative estimate of drug-likeness (QED) is 0.812. The summed E-state index contributed by atoms with van der Waals surface area (Å²) >= 11 is 0. The fourth-order valence-electron chi connectivity index (χ4n) is 1.79. The van der Waals surface area contributed by atoms with Crippen LogP contribution in [0.5, 0.6) is 0 Å². The van der Waals surface area contributed by atoms with E-state index in [0.29, 0.717) is 5.76 Å². The van der Waals surface area contributed by atoms with Crippen molar-refractivity contribution in [2.75, 3.05) is 0 Å². The van der Waals surface area contributed by atoms with Gasteiger partial charge in [-0.2, -0.15) is 5.26 Å². The number of rotatable bonds is 2. The number of hydrogen-bond donors (Lipinski definition) is 1. The maximum Gasteiger partial charge on any atom is 0.134 e. The molecule has 0 aliphatic rings. The zero-order valence-electron chi connectivity index (χ0n) is 8.40. The van der Waals surface area contributed by atoms with Crippen LogP contribution in [-0.4, -0.2) is 5.11 Å². The van der Waals surface area contributed by atoms with Crippen LogP contribution in [0.15, 0.2) is 28.7 Å². The second kappa shape index (κ2) is 3.76. The average Bonchev–Trinajstić information content (AvgIpc) is 2.54. The molecule has 0 radical (unpaired) electrons. The van der Waals surface area contributed by atoms with Crippen molar-refractivity contribution in [3.63, 3.8) is 0 Å². The van der Waals surface area contributed by atoms with E-state index >= 15 is 0 Å². The standard InChI is InChI=1S/C12H11NO2/c1-8-12(10(14)6-7-13)9-4-2-3-5-11(9)15-8/h2-5,10,14H,6H2,1H3. The Kier molecular flexibility index (Phi) is 2.44. The maximum atomic E-state index is 9.81. The number of fused-ring (bicyclic) bond motifs is 1. The van der Waals surface area contributed by atoms with Gasteiger partial charge in [0.05, 0.1) is 18.6 Å². The molecule has 0 spiro atoms. The Morgan fingerprint density at radius 1 is 1.47 bits per heavy atom. The number of aliphatic hydroxyl groups excluding tert-OH is 1. The average molecular weight is 201 g/mol. The van der Waals surface area contributed by atoms with Crippen LogP contribution in [0.2, 0.25) is 0 Å². The van der Waals surface area contributed by atoms with Crippen molar-refractivity contribution in [1.82, 2.24) is 0 Å². The highest BCUT2D eigenvalue weighted by atomic mass is 16.3. The predicted octanol–water partition coefficient (Wildman–Crippen LogP) is 2.69. The summed E-state index contributed by atoms with van der Waals surface area (Å²) in [4.78, 5) is 0.